The number of halogens is 1. The van der Waals surface area contributed by atoms with Gasteiger partial charge in [0.15, 0.2) is 0 Å². The molecule has 0 spiro atoms. The number of amides is 1. The Morgan fingerprint density at radius 2 is 1.80 bits per heavy atom. The molecule has 5 rings (SSSR count). The zero-order valence-corrected chi connectivity index (χ0v) is 22.0. The van der Waals surface area contributed by atoms with Gasteiger partial charge in [-0.1, -0.05) is 46.3 Å². The lowest BCUT2D eigenvalue weighted by atomic mass is 9.95. The molecule has 0 radical (unpaired) electrons. The zero-order valence-electron chi connectivity index (χ0n) is 19.6. The van der Waals surface area contributed by atoms with Crippen LogP contribution in [0.1, 0.15) is 57.8 Å². The monoisotopic (exact) mass is 548 g/mol. The quantitative estimate of drug-likeness (QED) is 0.263. The van der Waals surface area contributed by atoms with E-state index >= 15 is 0 Å². The number of rotatable bonds is 5. The Kier molecular flexibility index (Phi) is 6.71. The third-order valence-electron chi connectivity index (χ3n) is 6.05. The predicted molar refractivity (Wildman–Crippen MR) is 144 cm³/mol. The summed E-state index contributed by atoms with van der Waals surface area (Å²) in [5.41, 5.74) is 4.42. The molecule has 5 nitrogen and oxygen atoms in total. The number of hydrogen-bond donors (Lipinski definition) is 1. The number of aromatic nitrogens is 1. The van der Waals surface area contributed by atoms with Gasteiger partial charge in [-0.05, 0) is 69.4 Å². The number of carbonyl (C=O) groups is 2. The van der Waals surface area contributed by atoms with E-state index in [1.54, 1.807) is 0 Å². The van der Waals surface area contributed by atoms with Gasteiger partial charge < -0.3 is 10.1 Å². The van der Waals surface area contributed by atoms with Crippen molar-refractivity contribution in [3.05, 3.63) is 80.6 Å². The van der Waals surface area contributed by atoms with E-state index in [0.717, 1.165) is 57.1 Å². The molecule has 0 atom stereocenters. The lowest BCUT2D eigenvalue weighted by molar-refractivity contribution is 0.0378. The standard InChI is InChI=1S/C28H25BrN2O3S/c1-16(2)34-28(33)25-20-8-4-6-10-24(20)35-27(25)31-26(32)21-15-23(17-11-13-18(29)14-12-17)30-22-9-5-3-7-19(21)22/h3,5,7,9,11-16H,4,6,8,10H2,1-2H3,(H,31,32). The summed E-state index contributed by atoms with van der Waals surface area (Å²) in [4.78, 5) is 32.7. The first-order valence-corrected chi connectivity index (χ1v) is 13.3. The zero-order chi connectivity index (χ0) is 24.5. The summed E-state index contributed by atoms with van der Waals surface area (Å²) in [6, 6.07) is 17.3. The van der Waals surface area contributed by atoms with Gasteiger partial charge in [0, 0.05) is 20.3 Å². The number of para-hydroxylation sites is 1. The number of aryl methyl sites for hydroxylation is 1. The van der Waals surface area contributed by atoms with Gasteiger partial charge in [-0.3, -0.25) is 4.79 Å². The van der Waals surface area contributed by atoms with Gasteiger partial charge in [0.1, 0.15) is 5.00 Å². The van der Waals surface area contributed by atoms with Crippen molar-refractivity contribution >= 4 is 55.0 Å². The Bertz CT molecular complexity index is 1430. The van der Waals surface area contributed by atoms with Gasteiger partial charge in [0.05, 0.1) is 28.4 Å². The molecule has 0 saturated carbocycles. The molecule has 4 aromatic rings. The fourth-order valence-electron chi connectivity index (χ4n) is 4.45. The molecule has 0 aliphatic heterocycles. The number of fused-ring (bicyclic) bond motifs is 2. The molecule has 1 N–H and O–H groups in total. The molecule has 0 fully saturated rings. The first-order chi connectivity index (χ1) is 16.9. The highest BCUT2D eigenvalue weighted by Gasteiger charge is 2.28. The molecule has 2 aromatic heterocycles. The number of benzene rings is 2. The highest BCUT2D eigenvalue weighted by atomic mass is 79.9. The summed E-state index contributed by atoms with van der Waals surface area (Å²) >= 11 is 4.96. The van der Waals surface area contributed by atoms with Crippen molar-refractivity contribution in [3.8, 4) is 11.3 Å². The van der Waals surface area contributed by atoms with Crippen molar-refractivity contribution in [2.24, 2.45) is 0 Å². The molecule has 2 heterocycles. The first-order valence-electron chi connectivity index (χ1n) is 11.7. The van der Waals surface area contributed by atoms with Gasteiger partial charge in [-0.25, -0.2) is 9.78 Å². The molecule has 1 aliphatic carbocycles. The Morgan fingerprint density at radius 1 is 1.06 bits per heavy atom. The van der Waals surface area contributed by atoms with Crippen LogP contribution in [0.4, 0.5) is 5.00 Å². The molecule has 0 saturated heterocycles. The van der Waals surface area contributed by atoms with E-state index in [0.29, 0.717) is 21.8 Å². The summed E-state index contributed by atoms with van der Waals surface area (Å²) in [5.74, 6) is -0.635. The number of pyridine rings is 1. The summed E-state index contributed by atoms with van der Waals surface area (Å²) < 4.78 is 6.52. The van der Waals surface area contributed by atoms with Crippen LogP contribution in [0.15, 0.2) is 59.1 Å². The second-order valence-electron chi connectivity index (χ2n) is 8.90. The topological polar surface area (TPSA) is 68.3 Å². The van der Waals surface area contributed by atoms with Crippen molar-refractivity contribution in [3.63, 3.8) is 0 Å². The van der Waals surface area contributed by atoms with E-state index in [9.17, 15) is 9.59 Å². The summed E-state index contributed by atoms with van der Waals surface area (Å²) in [6.45, 7) is 3.67. The van der Waals surface area contributed by atoms with Crippen molar-refractivity contribution < 1.29 is 14.3 Å². The molecule has 35 heavy (non-hydrogen) atoms. The largest absolute Gasteiger partial charge is 0.459 e. The molecule has 7 heteroatoms. The van der Waals surface area contributed by atoms with Gasteiger partial charge in [-0.2, -0.15) is 0 Å². The first kappa shape index (κ1) is 23.7. The van der Waals surface area contributed by atoms with Crippen LogP contribution in [0.3, 0.4) is 0 Å². The van der Waals surface area contributed by atoms with Crippen molar-refractivity contribution in [2.75, 3.05) is 5.32 Å². The summed E-state index contributed by atoms with van der Waals surface area (Å²) in [7, 11) is 0. The number of nitrogens with zero attached hydrogens (tertiary/aromatic N) is 1. The number of thiophene rings is 1. The number of carbonyl (C=O) groups excluding carboxylic acids is 2. The number of anilines is 1. The Hall–Kier alpha value is -3.03. The molecule has 2 aromatic carbocycles. The Labute approximate surface area is 216 Å². The van der Waals surface area contributed by atoms with Crippen LogP contribution in [-0.4, -0.2) is 23.0 Å². The van der Waals surface area contributed by atoms with E-state index in [1.165, 1.54) is 11.3 Å². The molecule has 178 valence electrons. The van der Waals surface area contributed by atoms with Gasteiger partial charge in [-0.15, -0.1) is 11.3 Å². The second-order valence-corrected chi connectivity index (χ2v) is 10.9. The predicted octanol–water partition coefficient (Wildman–Crippen LogP) is 7.42. The maximum absolute atomic E-state index is 13.7. The molecule has 1 amide bonds. The van der Waals surface area contributed by atoms with Crippen LogP contribution in [0, 0.1) is 0 Å². The third kappa shape index (κ3) is 4.88. The summed E-state index contributed by atoms with van der Waals surface area (Å²) in [6.07, 6.45) is 3.64. The number of ether oxygens (including phenoxy) is 1. The van der Waals surface area contributed by atoms with Crippen molar-refractivity contribution in [1.82, 2.24) is 4.98 Å². The molecule has 0 bridgehead atoms. The minimum absolute atomic E-state index is 0.234. The average Bonchev–Trinajstić information content (AvgIpc) is 3.21. The molecular weight excluding hydrogens is 524 g/mol. The van der Waals surface area contributed by atoms with Crippen molar-refractivity contribution in [1.29, 1.82) is 0 Å². The van der Waals surface area contributed by atoms with Gasteiger partial charge >= 0.3 is 5.97 Å². The van der Waals surface area contributed by atoms with E-state index in [-0.39, 0.29) is 18.0 Å². The summed E-state index contributed by atoms with van der Waals surface area (Å²) in [5, 5.41) is 4.39. The van der Waals surface area contributed by atoms with Crippen LogP contribution < -0.4 is 5.32 Å². The lowest BCUT2D eigenvalue weighted by Gasteiger charge is -2.14. The fraction of sp³-hybridized carbons (Fsp3) is 0.250. The van der Waals surface area contributed by atoms with E-state index in [4.69, 9.17) is 9.72 Å². The minimum atomic E-state index is -0.371. The van der Waals surface area contributed by atoms with Gasteiger partial charge in [0.2, 0.25) is 0 Å². The van der Waals surface area contributed by atoms with Crippen LogP contribution in [0.5, 0.6) is 0 Å². The lowest BCUT2D eigenvalue weighted by Crippen LogP contribution is -2.18. The van der Waals surface area contributed by atoms with E-state index in [1.807, 2.05) is 68.4 Å². The smallest absolute Gasteiger partial charge is 0.341 e. The normalized spacial score (nSPS) is 13.0. The number of nitrogens with one attached hydrogen (secondary N) is 1. The maximum Gasteiger partial charge on any atom is 0.341 e. The molecule has 0 unspecified atom stereocenters. The van der Waals surface area contributed by atoms with Crippen LogP contribution in [0.25, 0.3) is 22.2 Å². The number of hydrogen-bond acceptors (Lipinski definition) is 5. The average molecular weight is 549 g/mol. The highest BCUT2D eigenvalue weighted by molar-refractivity contribution is 9.10. The van der Waals surface area contributed by atoms with Gasteiger partial charge in [0.25, 0.3) is 5.91 Å². The molecule has 1 aliphatic rings. The third-order valence-corrected chi connectivity index (χ3v) is 7.78. The fourth-order valence-corrected chi connectivity index (χ4v) is 5.98. The number of esters is 1. The van der Waals surface area contributed by atoms with E-state index in [2.05, 4.69) is 21.2 Å². The molecular formula is C28H25BrN2O3S. The van der Waals surface area contributed by atoms with Crippen LogP contribution in [-0.2, 0) is 17.6 Å². The van der Waals surface area contributed by atoms with E-state index < -0.39 is 0 Å². The Morgan fingerprint density at radius 3 is 2.57 bits per heavy atom. The Balaban J connectivity index is 1.57. The minimum Gasteiger partial charge on any atom is -0.459 e. The SMILES string of the molecule is CC(C)OC(=O)c1c(NC(=O)c2cc(-c3ccc(Br)cc3)nc3ccccc23)sc2c1CCCC2. The van der Waals surface area contributed by atoms with Crippen LogP contribution >= 0.6 is 27.3 Å². The highest BCUT2D eigenvalue weighted by Crippen LogP contribution is 2.39. The second kappa shape index (κ2) is 9.91. The van der Waals surface area contributed by atoms with Crippen LogP contribution in [0.2, 0.25) is 0 Å². The maximum atomic E-state index is 13.7. The van der Waals surface area contributed by atoms with Crippen molar-refractivity contribution in [2.45, 2.75) is 45.6 Å².